The van der Waals surface area contributed by atoms with Gasteiger partial charge in [0.05, 0.1) is 0 Å². The van der Waals surface area contributed by atoms with Gasteiger partial charge in [-0.15, -0.1) is 0 Å². The van der Waals surface area contributed by atoms with Crippen LogP contribution in [0.25, 0.3) is 21.9 Å². The summed E-state index contributed by atoms with van der Waals surface area (Å²) in [7, 11) is 0. The molecule has 1 heterocycles. The third-order valence-corrected chi connectivity index (χ3v) is 6.11. The molecule has 0 spiro atoms. The number of likely N-dealkylation sites (tertiary alicyclic amines) is 1. The molecule has 1 aliphatic heterocycles. The topological polar surface area (TPSA) is 63.4 Å². The van der Waals surface area contributed by atoms with Crippen molar-refractivity contribution in [3.05, 3.63) is 70.7 Å². The average Bonchev–Trinajstić information content (AvgIpc) is 2.74. The number of amides is 2. The molecule has 3 aromatic rings. The molecule has 1 atom stereocenters. The molecule has 0 aromatic heterocycles. The van der Waals surface area contributed by atoms with Gasteiger partial charge in [-0.05, 0) is 77.9 Å². The second-order valence-electron chi connectivity index (χ2n) is 7.62. The van der Waals surface area contributed by atoms with Gasteiger partial charge < -0.3 is 10.6 Å². The molecule has 148 valence electrons. The molecule has 5 heteroatoms. The Balaban J connectivity index is 1.72. The number of aryl methyl sites for hydroxylation is 1. The van der Waals surface area contributed by atoms with Crippen LogP contribution in [-0.2, 0) is 4.79 Å². The minimum atomic E-state index is -0.518. The Hall–Kier alpha value is -2.85. The second kappa shape index (κ2) is 7.88. The number of hydrogen-bond donors (Lipinski definition) is 1. The van der Waals surface area contributed by atoms with Gasteiger partial charge in [0.2, 0.25) is 5.91 Å². The Morgan fingerprint density at radius 2 is 1.90 bits per heavy atom. The Bertz CT molecular complexity index is 1110. The standard InChI is InChI=1S/C24H23ClN2O2/c1-15-13-17(9-11-21(15)25)19-6-4-5-16-14-18(8-10-20(16)19)24(29)27-12-3-2-7-22(27)23(26)28/h4-6,8-11,13-14,22H,2-3,7,12H2,1H3,(H2,26,28). The van der Waals surface area contributed by atoms with Gasteiger partial charge in [-0.3, -0.25) is 9.59 Å². The minimum absolute atomic E-state index is 0.136. The summed E-state index contributed by atoms with van der Waals surface area (Å²) in [5.74, 6) is -0.567. The van der Waals surface area contributed by atoms with E-state index in [1.807, 2.05) is 49.4 Å². The molecule has 0 bridgehead atoms. The maximum absolute atomic E-state index is 13.1. The Labute approximate surface area is 175 Å². The molecule has 3 aromatic carbocycles. The highest BCUT2D eigenvalue weighted by Gasteiger charge is 2.31. The van der Waals surface area contributed by atoms with Crippen LogP contribution in [-0.4, -0.2) is 29.3 Å². The number of fused-ring (bicyclic) bond motifs is 1. The lowest BCUT2D eigenvalue weighted by atomic mass is 9.95. The normalized spacial score (nSPS) is 16.8. The van der Waals surface area contributed by atoms with E-state index in [4.69, 9.17) is 17.3 Å². The van der Waals surface area contributed by atoms with Crippen molar-refractivity contribution < 1.29 is 9.59 Å². The van der Waals surface area contributed by atoms with Crippen LogP contribution < -0.4 is 5.73 Å². The fourth-order valence-electron chi connectivity index (χ4n) is 4.12. The summed E-state index contributed by atoms with van der Waals surface area (Å²) < 4.78 is 0. The number of nitrogens with zero attached hydrogens (tertiary/aromatic N) is 1. The number of primary amides is 1. The van der Waals surface area contributed by atoms with Crippen molar-refractivity contribution in [3.8, 4) is 11.1 Å². The third-order valence-electron chi connectivity index (χ3n) is 5.69. The molecular formula is C24H23ClN2O2. The molecule has 1 aliphatic rings. The molecule has 4 nitrogen and oxygen atoms in total. The van der Waals surface area contributed by atoms with Gasteiger partial charge in [0.25, 0.3) is 5.91 Å². The lowest BCUT2D eigenvalue weighted by molar-refractivity contribution is -0.123. The van der Waals surface area contributed by atoms with Crippen molar-refractivity contribution in [2.75, 3.05) is 6.54 Å². The van der Waals surface area contributed by atoms with Gasteiger partial charge in [-0.2, -0.15) is 0 Å². The molecule has 1 unspecified atom stereocenters. The first kappa shape index (κ1) is 19.5. The number of nitrogens with two attached hydrogens (primary N) is 1. The largest absolute Gasteiger partial charge is 0.368 e. The molecule has 29 heavy (non-hydrogen) atoms. The smallest absolute Gasteiger partial charge is 0.254 e. The van der Waals surface area contributed by atoms with E-state index < -0.39 is 11.9 Å². The Morgan fingerprint density at radius 3 is 2.66 bits per heavy atom. The number of hydrogen-bond acceptors (Lipinski definition) is 2. The first-order valence-electron chi connectivity index (χ1n) is 9.85. The molecular weight excluding hydrogens is 384 g/mol. The zero-order chi connectivity index (χ0) is 20.5. The van der Waals surface area contributed by atoms with E-state index in [0.29, 0.717) is 18.5 Å². The van der Waals surface area contributed by atoms with Crippen LogP contribution in [0, 0.1) is 6.92 Å². The zero-order valence-corrected chi connectivity index (χ0v) is 17.1. The van der Waals surface area contributed by atoms with E-state index in [1.165, 1.54) is 0 Å². The lowest BCUT2D eigenvalue weighted by Gasteiger charge is -2.33. The molecule has 0 aliphatic carbocycles. The van der Waals surface area contributed by atoms with E-state index in [-0.39, 0.29) is 5.91 Å². The second-order valence-corrected chi connectivity index (χ2v) is 8.03. The van der Waals surface area contributed by atoms with Crippen molar-refractivity contribution in [2.24, 2.45) is 5.73 Å². The first-order valence-corrected chi connectivity index (χ1v) is 10.2. The maximum Gasteiger partial charge on any atom is 0.254 e. The van der Waals surface area contributed by atoms with E-state index in [2.05, 4.69) is 12.1 Å². The quantitative estimate of drug-likeness (QED) is 0.668. The van der Waals surface area contributed by atoms with Crippen LogP contribution in [0.2, 0.25) is 5.02 Å². The van der Waals surface area contributed by atoms with Crippen molar-refractivity contribution in [2.45, 2.75) is 32.2 Å². The molecule has 2 N–H and O–H groups in total. The van der Waals surface area contributed by atoms with Crippen molar-refractivity contribution >= 4 is 34.2 Å². The van der Waals surface area contributed by atoms with Crippen molar-refractivity contribution in [1.29, 1.82) is 0 Å². The molecule has 1 saturated heterocycles. The van der Waals surface area contributed by atoms with Gasteiger partial charge in [-0.1, -0.05) is 41.9 Å². The molecule has 4 rings (SSSR count). The van der Waals surface area contributed by atoms with Gasteiger partial charge in [-0.25, -0.2) is 0 Å². The summed E-state index contributed by atoms with van der Waals surface area (Å²) in [5.41, 5.74) is 9.31. The fourth-order valence-corrected chi connectivity index (χ4v) is 4.23. The number of piperidine rings is 1. The van der Waals surface area contributed by atoms with E-state index >= 15 is 0 Å². The summed E-state index contributed by atoms with van der Waals surface area (Å²) in [6.45, 7) is 2.55. The van der Waals surface area contributed by atoms with E-state index in [0.717, 1.165) is 45.3 Å². The minimum Gasteiger partial charge on any atom is -0.368 e. The Morgan fingerprint density at radius 1 is 1.07 bits per heavy atom. The summed E-state index contributed by atoms with van der Waals surface area (Å²) >= 11 is 6.17. The molecule has 0 saturated carbocycles. The number of benzene rings is 3. The van der Waals surface area contributed by atoms with Gasteiger partial charge in [0.1, 0.15) is 6.04 Å². The maximum atomic E-state index is 13.1. The van der Waals surface area contributed by atoms with Crippen LogP contribution in [0.3, 0.4) is 0 Å². The van der Waals surface area contributed by atoms with Gasteiger partial charge >= 0.3 is 0 Å². The predicted octanol–water partition coefficient (Wildman–Crippen LogP) is 4.95. The fraction of sp³-hybridized carbons (Fsp3) is 0.250. The predicted molar refractivity (Wildman–Crippen MR) is 117 cm³/mol. The van der Waals surface area contributed by atoms with Crippen LogP contribution in [0.15, 0.2) is 54.6 Å². The summed E-state index contributed by atoms with van der Waals surface area (Å²) in [6.07, 6.45) is 2.44. The number of halogens is 1. The Kier molecular flexibility index (Phi) is 5.29. The van der Waals surface area contributed by atoms with Gasteiger partial charge in [0, 0.05) is 17.1 Å². The van der Waals surface area contributed by atoms with Gasteiger partial charge in [0.15, 0.2) is 0 Å². The van der Waals surface area contributed by atoms with E-state index in [1.54, 1.807) is 4.90 Å². The summed E-state index contributed by atoms with van der Waals surface area (Å²) in [4.78, 5) is 26.5. The highest BCUT2D eigenvalue weighted by Crippen LogP contribution is 2.32. The zero-order valence-electron chi connectivity index (χ0n) is 16.3. The van der Waals surface area contributed by atoms with Crippen LogP contribution >= 0.6 is 11.6 Å². The lowest BCUT2D eigenvalue weighted by Crippen LogP contribution is -2.50. The van der Waals surface area contributed by atoms with Crippen LogP contribution in [0.4, 0.5) is 0 Å². The average molecular weight is 407 g/mol. The van der Waals surface area contributed by atoms with Crippen LogP contribution in [0.5, 0.6) is 0 Å². The summed E-state index contributed by atoms with van der Waals surface area (Å²) in [6, 6.07) is 17.2. The molecule has 2 amide bonds. The monoisotopic (exact) mass is 406 g/mol. The first-order chi connectivity index (χ1) is 14.0. The number of carbonyl (C=O) groups is 2. The molecule has 1 fully saturated rings. The molecule has 0 radical (unpaired) electrons. The SMILES string of the molecule is Cc1cc(-c2cccc3cc(C(=O)N4CCCCC4C(N)=O)ccc23)ccc1Cl. The third kappa shape index (κ3) is 3.73. The van der Waals surface area contributed by atoms with Crippen molar-refractivity contribution in [3.63, 3.8) is 0 Å². The van der Waals surface area contributed by atoms with Crippen molar-refractivity contribution in [1.82, 2.24) is 4.90 Å². The summed E-state index contributed by atoms with van der Waals surface area (Å²) in [5, 5.41) is 2.79. The van der Waals surface area contributed by atoms with Crippen LogP contribution in [0.1, 0.15) is 35.2 Å². The highest BCUT2D eigenvalue weighted by atomic mass is 35.5. The van der Waals surface area contributed by atoms with E-state index in [9.17, 15) is 9.59 Å². The number of carbonyl (C=O) groups excluding carboxylic acids is 2. The highest BCUT2D eigenvalue weighted by molar-refractivity contribution is 6.31. The number of rotatable bonds is 3.